The second kappa shape index (κ2) is 9.17. The van der Waals surface area contributed by atoms with Crippen molar-refractivity contribution in [3.8, 4) is 22.5 Å². The van der Waals surface area contributed by atoms with Crippen LogP contribution in [0.1, 0.15) is 23.9 Å². The SMILES string of the molecule is SC(CCCSc1ncc[nH]1)c1nc(-c2ccccc2)c(-c2ccccc2)[nH]1. The van der Waals surface area contributed by atoms with E-state index in [2.05, 4.69) is 51.4 Å². The Labute approximate surface area is 174 Å². The fraction of sp³-hybridized carbons (Fsp3) is 0.182. The summed E-state index contributed by atoms with van der Waals surface area (Å²) in [6.07, 6.45) is 5.63. The molecule has 2 aromatic carbocycles. The Hall–Kier alpha value is -2.44. The zero-order chi connectivity index (χ0) is 19.2. The van der Waals surface area contributed by atoms with Gasteiger partial charge in [0.1, 0.15) is 5.82 Å². The van der Waals surface area contributed by atoms with Gasteiger partial charge < -0.3 is 9.97 Å². The van der Waals surface area contributed by atoms with E-state index >= 15 is 0 Å². The molecule has 28 heavy (non-hydrogen) atoms. The summed E-state index contributed by atoms with van der Waals surface area (Å²) in [5, 5.41) is 1.03. The van der Waals surface area contributed by atoms with Crippen molar-refractivity contribution in [1.29, 1.82) is 0 Å². The lowest BCUT2D eigenvalue weighted by molar-refractivity contribution is 0.755. The molecule has 0 spiro atoms. The standard InChI is InChI=1S/C22H22N4S2/c27-18(12-7-15-28-22-23-13-14-24-22)21-25-19(16-8-3-1-4-9-16)20(26-21)17-10-5-2-6-11-17/h1-6,8-11,13-14,18,27H,7,12,15H2,(H,23,24)(H,25,26). The van der Waals surface area contributed by atoms with E-state index in [9.17, 15) is 0 Å². The summed E-state index contributed by atoms with van der Waals surface area (Å²) >= 11 is 6.56. The topological polar surface area (TPSA) is 57.4 Å². The molecule has 6 heteroatoms. The number of thioether (sulfide) groups is 1. The van der Waals surface area contributed by atoms with Crippen molar-refractivity contribution in [3.05, 3.63) is 78.9 Å². The molecule has 0 aliphatic rings. The molecule has 142 valence electrons. The molecule has 1 unspecified atom stereocenters. The third kappa shape index (κ3) is 4.51. The third-order valence-electron chi connectivity index (χ3n) is 4.48. The fourth-order valence-corrected chi connectivity index (χ4v) is 4.18. The summed E-state index contributed by atoms with van der Waals surface area (Å²) < 4.78 is 0. The molecule has 0 aliphatic carbocycles. The molecule has 0 radical (unpaired) electrons. The second-order valence-corrected chi connectivity index (χ2v) is 8.19. The number of benzene rings is 2. The normalized spacial score (nSPS) is 12.2. The average molecular weight is 407 g/mol. The van der Waals surface area contributed by atoms with E-state index in [1.54, 1.807) is 18.0 Å². The van der Waals surface area contributed by atoms with Gasteiger partial charge in [-0.1, -0.05) is 72.4 Å². The summed E-state index contributed by atoms with van der Waals surface area (Å²) in [5.41, 5.74) is 4.27. The Balaban J connectivity index is 1.51. The maximum Gasteiger partial charge on any atom is 0.165 e. The van der Waals surface area contributed by atoms with Gasteiger partial charge in [-0.2, -0.15) is 12.6 Å². The summed E-state index contributed by atoms with van der Waals surface area (Å²) in [6.45, 7) is 0. The van der Waals surface area contributed by atoms with Crippen molar-refractivity contribution in [2.24, 2.45) is 0 Å². The molecule has 0 saturated heterocycles. The lowest BCUT2D eigenvalue weighted by Crippen LogP contribution is -1.95. The Kier molecular flexibility index (Phi) is 6.19. The summed E-state index contributed by atoms with van der Waals surface area (Å²) in [7, 11) is 0. The second-order valence-electron chi connectivity index (χ2n) is 6.48. The van der Waals surface area contributed by atoms with Crippen LogP contribution in [0, 0.1) is 0 Å². The van der Waals surface area contributed by atoms with Gasteiger partial charge in [-0.25, -0.2) is 9.97 Å². The van der Waals surface area contributed by atoms with Crippen LogP contribution >= 0.6 is 24.4 Å². The van der Waals surface area contributed by atoms with Crippen LogP contribution in [-0.2, 0) is 0 Å². The summed E-state index contributed by atoms with van der Waals surface area (Å²) in [6, 6.07) is 20.7. The Morgan fingerprint density at radius 2 is 1.68 bits per heavy atom. The van der Waals surface area contributed by atoms with Crippen LogP contribution in [0.15, 0.2) is 78.2 Å². The first-order chi connectivity index (χ1) is 13.8. The molecule has 0 aliphatic heterocycles. The van der Waals surface area contributed by atoms with Crippen molar-refractivity contribution >= 4 is 24.4 Å². The van der Waals surface area contributed by atoms with E-state index in [4.69, 9.17) is 17.6 Å². The lowest BCUT2D eigenvalue weighted by Gasteiger charge is -2.07. The number of nitrogens with zero attached hydrogens (tertiary/aromatic N) is 2. The third-order valence-corrected chi connectivity index (χ3v) is 5.97. The van der Waals surface area contributed by atoms with Crippen LogP contribution in [0.25, 0.3) is 22.5 Å². The number of imidazole rings is 2. The smallest absolute Gasteiger partial charge is 0.165 e. The van der Waals surface area contributed by atoms with Crippen molar-refractivity contribution in [3.63, 3.8) is 0 Å². The van der Waals surface area contributed by atoms with Gasteiger partial charge in [0.05, 0.1) is 16.6 Å². The minimum atomic E-state index is 0.0668. The predicted octanol–water partition coefficient (Wildman–Crippen LogP) is 6.01. The minimum absolute atomic E-state index is 0.0668. The molecule has 4 nitrogen and oxygen atoms in total. The Bertz CT molecular complexity index is 925. The van der Waals surface area contributed by atoms with Gasteiger partial charge >= 0.3 is 0 Å². The van der Waals surface area contributed by atoms with Gasteiger partial charge in [0.2, 0.25) is 0 Å². The number of rotatable bonds is 8. The van der Waals surface area contributed by atoms with Crippen LogP contribution in [-0.4, -0.2) is 25.7 Å². The molecule has 0 amide bonds. The number of hydrogen-bond donors (Lipinski definition) is 3. The van der Waals surface area contributed by atoms with E-state index in [1.165, 1.54) is 0 Å². The first-order valence-corrected chi connectivity index (χ1v) is 10.8. The quantitative estimate of drug-likeness (QED) is 0.191. The highest BCUT2D eigenvalue weighted by Crippen LogP contribution is 2.34. The van der Waals surface area contributed by atoms with Gasteiger partial charge in [-0.15, -0.1) is 0 Å². The van der Waals surface area contributed by atoms with Crippen LogP contribution in [0.5, 0.6) is 0 Å². The molecule has 4 rings (SSSR count). The lowest BCUT2D eigenvalue weighted by atomic mass is 10.1. The van der Waals surface area contributed by atoms with Crippen LogP contribution < -0.4 is 0 Å². The summed E-state index contributed by atoms with van der Waals surface area (Å²) in [4.78, 5) is 15.8. The zero-order valence-electron chi connectivity index (χ0n) is 15.4. The van der Waals surface area contributed by atoms with Crippen molar-refractivity contribution in [2.75, 3.05) is 5.75 Å². The Morgan fingerprint density at radius 3 is 2.36 bits per heavy atom. The molecular weight excluding hydrogens is 384 g/mol. The highest BCUT2D eigenvalue weighted by Gasteiger charge is 2.18. The number of aromatic amines is 2. The molecule has 0 fully saturated rings. The number of thiol groups is 1. The monoisotopic (exact) mass is 406 g/mol. The van der Waals surface area contributed by atoms with E-state index in [-0.39, 0.29) is 5.25 Å². The fourth-order valence-electron chi connectivity index (χ4n) is 3.08. The first-order valence-electron chi connectivity index (χ1n) is 9.32. The molecule has 4 aromatic rings. The van der Waals surface area contributed by atoms with Gasteiger partial charge in [-0.05, 0) is 12.8 Å². The summed E-state index contributed by atoms with van der Waals surface area (Å²) in [5.74, 6) is 1.92. The predicted molar refractivity (Wildman–Crippen MR) is 120 cm³/mol. The maximum absolute atomic E-state index is 4.93. The average Bonchev–Trinajstić information content (AvgIpc) is 3.42. The van der Waals surface area contributed by atoms with Crippen molar-refractivity contribution in [1.82, 2.24) is 19.9 Å². The minimum Gasteiger partial charge on any atom is -0.341 e. The van der Waals surface area contributed by atoms with E-state index in [0.29, 0.717) is 0 Å². The van der Waals surface area contributed by atoms with Gasteiger partial charge in [0.25, 0.3) is 0 Å². The van der Waals surface area contributed by atoms with E-state index in [0.717, 1.165) is 52.1 Å². The van der Waals surface area contributed by atoms with Crippen molar-refractivity contribution in [2.45, 2.75) is 23.2 Å². The molecule has 2 N–H and O–H groups in total. The number of nitrogens with one attached hydrogen (secondary N) is 2. The van der Waals surface area contributed by atoms with Gasteiger partial charge in [-0.3, -0.25) is 0 Å². The molecule has 2 aromatic heterocycles. The molecule has 0 bridgehead atoms. The van der Waals surface area contributed by atoms with Crippen LogP contribution in [0.3, 0.4) is 0 Å². The van der Waals surface area contributed by atoms with Gasteiger partial charge in [0.15, 0.2) is 5.16 Å². The number of H-pyrrole nitrogens is 2. The first kappa shape index (κ1) is 18.9. The molecule has 2 heterocycles. The van der Waals surface area contributed by atoms with Crippen molar-refractivity contribution < 1.29 is 0 Å². The largest absolute Gasteiger partial charge is 0.341 e. The van der Waals surface area contributed by atoms with Crippen LogP contribution in [0.4, 0.5) is 0 Å². The number of aromatic nitrogens is 4. The molecule has 0 saturated carbocycles. The molecular formula is C22H22N4S2. The Morgan fingerprint density at radius 1 is 0.964 bits per heavy atom. The highest BCUT2D eigenvalue weighted by molar-refractivity contribution is 7.99. The van der Waals surface area contributed by atoms with E-state index < -0.39 is 0 Å². The van der Waals surface area contributed by atoms with E-state index in [1.807, 2.05) is 30.5 Å². The molecule has 1 atom stereocenters. The van der Waals surface area contributed by atoms with Crippen LogP contribution in [0.2, 0.25) is 0 Å². The van der Waals surface area contributed by atoms with Gasteiger partial charge in [0, 0.05) is 29.3 Å². The zero-order valence-corrected chi connectivity index (χ0v) is 17.1. The number of hydrogen-bond acceptors (Lipinski definition) is 4. The highest BCUT2D eigenvalue weighted by atomic mass is 32.2. The maximum atomic E-state index is 4.93.